The molecule has 0 bridgehead atoms. The molecule has 0 radical (unpaired) electrons. The summed E-state index contributed by atoms with van der Waals surface area (Å²) in [6.45, 7) is 3.83. The second kappa shape index (κ2) is 18.2. The fourth-order valence-electron chi connectivity index (χ4n) is 5.28. The Morgan fingerprint density at radius 2 is 0.467 bits per heavy atom. The van der Waals surface area contributed by atoms with Crippen LogP contribution in [0.25, 0.3) is 6.08 Å². The van der Waals surface area contributed by atoms with E-state index in [1.54, 1.807) is 30.3 Å². The topological polar surface area (TPSA) is 178 Å². The Labute approximate surface area is 344 Å². The Bertz CT molecular complexity index is 2230. The van der Waals surface area contributed by atoms with E-state index < -0.39 is 23.0 Å². The van der Waals surface area contributed by atoms with Crippen LogP contribution in [0.3, 0.4) is 0 Å². The first-order chi connectivity index (χ1) is 29.2. The molecule has 0 spiro atoms. The highest BCUT2D eigenvalue weighted by molar-refractivity contribution is 7.79. The molecule has 6 aromatic rings. The van der Waals surface area contributed by atoms with Crippen LogP contribution in [0, 0.1) is 0 Å². The molecule has 1 heterocycles. The Morgan fingerprint density at radius 3 is 0.617 bits per heavy atom. The van der Waals surface area contributed by atoms with Crippen molar-refractivity contribution in [2.24, 2.45) is 13.5 Å². The van der Waals surface area contributed by atoms with Gasteiger partial charge < -0.3 is 27.1 Å². The summed E-state index contributed by atoms with van der Waals surface area (Å²) in [5.74, 6) is 1.01. The molecule has 60 heavy (non-hydrogen) atoms. The minimum absolute atomic E-state index is 0.153. The third kappa shape index (κ3) is 9.94. The Balaban J connectivity index is 1.57. The molecule has 300 valence electrons. The average Bonchev–Trinajstić information content (AvgIpc) is 3.27. The van der Waals surface area contributed by atoms with Crippen LogP contribution in [0.2, 0.25) is 0 Å². The zero-order chi connectivity index (χ0) is 42.0. The first-order valence-electron chi connectivity index (χ1n) is 17.8. The summed E-state index contributed by atoms with van der Waals surface area (Å²) in [5, 5.41) is 0. The second-order valence-electron chi connectivity index (χ2n) is 12.5. The number of nitrogens with zero attached hydrogens (tertiary/aromatic N) is 3. The van der Waals surface area contributed by atoms with Crippen LogP contribution in [0.4, 0.5) is 0 Å². The number of carbonyl (C=O) groups is 5. The molecule has 0 aromatic heterocycles. The van der Waals surface area contributed by atoms with Gasteiger partial charge in [0.2, 0.25) is 0 Å². The van der Waals surface area contributed by atoms with Gasteiger partial charge in [-0.15, -0.1) is 0 Å². The molecular weight excluding hydrogens is 827 g/mol. The molecule has 0 fully saturated rings. The lowest BCUT2D eigenvalue weighted by Crippen LogP contribution is -2.11. The van der Waals surface area contributed by atoms with E-state index in [-0.39, 0.29) is 34.5 Å². The molecule has 7 rings (SSSR count). The second-order valence-corrected chi connectivity index (χ2v) is 18.7. The molecule has 1 aliphatic heterocycles. The van der Waals surface area contributed by atoms with Crippen LogP contribution in [0.1, 0.15) is 57.4 Å². The summed E-state index contributed by atoms with van der Waals surface area (Å²) in [5.41, 5.74) is 2.57. The summed E-state index contributed by atoms with van der Waals surface area (Å²) >= 11 is 0. The normalized spacial score (nSPS) is 15.8. The van der Waals surface area contributed by atoms with E-state index in [1.165, 1.54) is 121 Å². The molecule has 0 aliphatic carbocycles. The van der Waals surface area contributed by atoms with E-state index >= 15 is 0 Å². The predicted molar refractivity (Wildman–Crippen MR) is 227 cm³/mol. The fraction of sp³-hybridized carbons (Fsp3) is 0. The monoisotopic (exact) mass is 859 g/mol. The molecule has 14 nitrogen and oxygen atoms in total. The van der Waals surface area contributed by atoms with Crippen LogP contribution in [-0.4, -0.2) is 31.4 Å². The van der Waals surface area contributed by atoms with Gasteiger partial charge in [0.25, 0.3) is 0 Å². The van der Waals surface area contributed by atoms with Crippen LogP contribution in [0.5, 0.6) is 34.5 Å². The molecule has 1 aliphatic rings. The molecule has 0 amide bonds. The summed E-state index contributed by atoms with van der Waals surface area (Å²) in [4.78, 5) is 58.2. The minimum Gasteiger partial charge on any atom is -0.413 e. The minimum atomic E-state index is -4.34. The quantitative estimate of drug-likeness (QED) is 0.0593. The summed E-state index contributed by atoms with van der Waals surface area (Å²) in [6.07, 6.45) is 5.01. The van der Waals surface area contributed by atoms with Gasteiger partial charge in [-0.25, -0.2) is 0 Å². The smallest absolute Gasteiger partial charge is 0.413 e. The Kier molecular flexibility index (Phi) is 12.5. The van der Waals surface area contributed by atoms with Gasteiger partial charge in [-0.3, -0.25) is 24.0 Å². The molecular formula is C43H32N3O11P3. The van der Waals surface area contributed by atoms with Crippen molar-refractivity contribution in [1.82, 2.24) is 0 Å². The van der Waals surface area contributed by atoms with Crippen molar-refractivity contribution in [3.05, 3.63) is 186 Å². The Hall–Kier alpha value is -7.10. The first kappa shape index (κ1) is 41.1. The van der Waals surface area contributed by atoms with Crippen LogP contribution < -0.4 is 27.1 Å². The van der Waals surface area contributed by atoms with Crippen molar-refractivity contribution in [3.8, 4) is 34.5 Å². The van der Waals surface area contributed by atoms with Gasteiger partial charge in [-0.05, 0) is 139 Å². The van der Waals surface area contributed by atoms with Crippen molar-refractivity contribution in [2.75, 3.05) is 0 Å². The van der Waals surface area contributed by atoms with Gasteiger partial charge in [0, 0.05) is 27.8 Å². The van der Waals surface area contributed by atoms with Crippen LogP contribution in [0.15, 0.2) is 166 Å². The molecule has 17 heteroatoms. The standard InChI is InChI=1S/C43H32N3O11P3/c1-2-32-3-15-38(16-4-32)52-58(53-39-17-5-33(27-47)6-18-39)44-59(54-40-19-7-34(28-48)8-20-40,55-41-21-9-35(29-49)10-22-41)46-60(45-58,56-42-23-11-36(30-50)12-24-42)57-43-25-13-37(31-51)14-26-43/h2-31H,1H2. The zero-order valence-corrected chi connectivity index (χ0v) is 33.9. The highest BCUT2D eigenvalue weighted by Gasteiger charge is 2.49. The average molecular weight is 860 g/mol. The van der Waals surface area contributed by atoms with Crippen molar-refractivity contribution in [3.63, 3.8) is 0 Å². The number of hydrogen-bond acceptors (Lipinski definition) is 14. The fourth-order valence-corrected chi connectivity index (χ4v) is 14.3. The van der Waals surface area contributed by atoms with Gasteiger partial charge in [0.1, 0.15) is 65.9 Å². The lowest BCUT2D eigenvalue weighted by atomic mass is 10.2. The molecule has 0 N–H and O–H groups in total. The van der Waals surface area contributed by atoms with Gasteiger partial charge in [0.15, 0.2) is 0 Å². The van der Waals surface area contributed by atoms with E-state index in [0.717, 1.165) is 5.56 Å². The number of aldehydes is 5. The largest absolute Gasteiger partial charge is 0.460 e. The zero-order valence-electron chi connectivity index (χ0n) is 31.2. The third-order valence-corrected chi connectivity index (χ3v) is 16.3. The van der Waals surface area contributed by atoms with E-state index in [9.17, 15) is 24.0 Å². The highest BCUT2D eigenvalue weighted by atomic mass is 31.3. The summed E-state index contributed by atoms with van der Waals surface area (Å²) < 4.78 is 55.5. The van der Waals surface area contributed by atoms with Crippen molar-refractivity contribution >= 4 is 60.5 Å². The molecule has 0 saturated carbocycles. The van der Waals surface area contributed by atoms with Gasteiger partial charge in [-0.2, -0.15) is 0 Å². The number of hydrogen-bond donors (Lipinski definition) is 0. The number of rotatable bonds is 18. The maximum absolute atomic E-state index is 11.6. The SMILES string of the molecule is C=Cc1ccc(OP2(Oc3ccc(C=O)cc3)=NP(Oc3ccc(C=O)cc3)(Oc3ccc(C=O)cc3)=NP(Oc3ccc(C=O)cc3)(Oc3ccc(C=O)cc3)=N2)cc1. The lowest BCUT2D eigenvalue weighted by Gasteiger charge is -2.33. The van der Waals surface area contributed by atoms with Gasteiger partial charge >= 0.3 is 23.0 Å². The maximum Gasteiger partial charge on any atom is 0.460 e. The van der Waals surface area contributed by atoms with E-state index in [2.05, 4.69) is 6.58 Å². The molecule has 6 aromatic carbocycles. The Morgan fingerprint density at radius 1 is 0.300 bits per heavy atom. The van der Waals surface area contributed by atoms with Crippen LogP contribution >= 0.6 is 23.0 Å². The van der Waals surface area contributed by atoms with E-state index in [0.29, 0.717) is 59.2 Å². The number of benzene rings is 6. The van der Waals surface area contributed by atoms with E-state index in [1.807, 2.05) is 0 Å². The van der Waals surface area contributed by atoms with E-state index in [4.69, 9.17) is 40.7 Å². The molecule has 1 atom stereocenters. The van der Waals surface area contributed by atoms with Crippen molar-refractivity contribution in [2.45, 2.75) is 0 Å². The van der Waals surface area contributed by atoms with Crippen molar-refractivity contribution in [1.29, 1.82) is 0 Å². The molecule has 0 saturated heterocycles. The van der Waals surface area contributed by atoms with Crippen LogP contribution in [-0.2, 0) is 0 Å². The molecule has 1 unspecified atom stereocenters. The third-order valence-electron chi connectivity index (χ3n) is 8.22. The highest BCUT2D eigenvalue weighted by Crippen LogP contribution is 2.78. The van der Waals surface area contributed by atoms with Gasteiger partial charge in [-0.1, -0.05) is 38.3 Å². The number of carbonyl (C=O) groups excluding carboxylic acids is 5. The van der Waals surface area contributed by atoms with Crippen molar-refractivity contribution < 1.29 is 51.1 Å². The van der Waals surface area contributed by atoms with Gasteiger partial charge in [0.05, 0.1) is 0 Å². The lowest BCUT2D eigenvalue weighted by molar-refractivity contribution is 0.111. The maximum atomic E-state index is 11.6. The summed E-state index contributed by atoms with van der Waals surface area (Å²) in [7, 11) is -13.0. The first-order valence-corrected chi connectivity index (χ1v) is 22.4. The summed E-state index contributed by atoms with van der Waals surface area (Å²) in [6, 6.07) is 37.3. The predicted octanol–water partition coefficient (Wildman–Crippen LogP) is 12.0.